The van der Waals surface area contributed by atoms with Gasteiger partial charge >= 0.3 is 6.18 Å². The van der Waals surface area contributed by atoms with Crippen LogP contribution in [-0.4, -0.2) is 41.2 Å². The molecule has 1 saturated heterocycles. The van der Waals surface area contributed by atoms with Crippen LogP contribution < -0.4 is 4.90 Å². The minimum atomic E-state index is -4.36. The van der Waals surface area contributed by atoms with E-state index in [1.54, 1.807) is 12.5 Å². The smallest absolute Gasteiger partial charge is 0.368 e. The molecule has 8 heteroatoms. The molecule has 0 spiro atoms. The summed E-state index contributed by atoms with van der Waals surface area (Å²) in [7, 11) is 0. The Hall–Kier alpha value is -2.61. The van der Waals surface area contributed by atoms with Gasteiger partial charge in [0.1, 0.15) is 6.26 Å². The Morgan fingerprint density at radius 3 is 2.54 bits per heavy atom. The molecular formula is C18H17F3N4O. The number of nitrogens with zero attached hydrogens (tertiary/aromatic N) is 4. The highest BCUT2D eigenvalue weighted by atomic mass is 19.4. The molecule has 0 N–H and O–H groups in total. The molecule has 136 valence electrons. The van der Waals surface area contributed by atoms with Crippen LogP contribution in [0.25, 0.3) is 10.9 Å². The van der Waals surface area contributed by atoms with Crippen LogP contribution in [0, 0.1) is 0 Å². The van der Waals surface area contributed by atoms with Crippen LogP contribution in [-0.2, 0) is 12.7 Å². The van der Waals surface area contributed by atoms with Crippen LogP contribution in [0.1, 0.15) is 11.3 Å². The molecule has 2 aromatic heterocycles. The molecule has 0 aliphatic carbocycles. The summed E-state index contributed by atoms with van der Waals surface area (Å²) >= 11 is 0. The van der Waals surface area contributed by atoms with E-state index < -0.39 is 11.7 Å². The molecule has 1 fully saturated rings. The van der Waals surface area contributed by atoms with Gasteiger partial charge in [-0.3, -0.25) is 9.88 Å². The minimum absolute atomic E-state index is 0.363. The van der Waals surface area contributed by atoms with Gasteiger partial charge in [-0.25, -0.2) is 0 Å². The lowest BCUT2D eigenvalue weighted by molar-refractivity contribution is -0.137. The van der Waals surface area contributed by atoms with E-state index in [0.717, 1.165) is 61.6 Å². The van der Waals surface area contributed by atoms with Crippen molar-refractivity contribution in [1.82, 2.24) is 15.0 Å². The second kappa shape index (κ2) is 6.60. The topological polar surface area (TPSA) is 45.4 Å². The number of halogens is 3. The number of hydrogen-bond acceptors (Lipinski definition) is 5. The Labute approximate surface area is 148 Å². The maximum Gasteiger partial charge on any atom is 0.416 e. The quantitative estimate of drug-likeness (QED) is 0.713. The molecule has 0 atom stereocenters. The molecule has 0 bridgehead atoms. The first kappa shape index (κ1) is 16.8. The average molecular weight is 362 g/mol. The Bertz CT molecular complexity index is 887. The van der Waals surface area contributed by atoms with Crippen molar-refractivity contribution >= 4 is 16.6 Å². The number of benzene rings is 1. The fraction of sp³-hybridized carbons (Fsp3) is 0.333. The Morgan fingerprint density at radius 2 is 1.85 bits per heavy atom. The third-order valence-electron chi connectivity index (χ3n) is 4.64. The number of aromatic nitrogens is 2. The molecule has 0 amide bonds. The molecule has 26 heavy (non-hydrogen) atoms. The van der Waals surface area contributed by atoms with Crippen molar-refractivity contribution < 1.29 is 17.7 Å². The van der Waals surface area contributed by atoms with E-state index in [2.05, 4.69) is 19.9 Å². The second-order valence-electron chi connectivity index (χ2n) is 6.31. The first-order chi connectivity index (χ1) is 12.5. The second-order valence-corrected chi connectivity index (χ2v) is 6.31. The summed E-state index contributed by atoms with van der Waals surface area (Å²) < 4.78 is 43.6. The maximum atomic E-state index is 12.9. The highest BCUT2D eigenvalue weighted by Gasteiger charge is 2.31. The average Bonchev–Trinajstić information content (AvgIpc) is 3.14. The molecular weight excluding hydrogens is 345 g/mol. The molecule has 0 radical (unpaired) electrons. The predicted octanol–water partition coefficient (Wildman–Crippen LogP) is 3.56. The van der Waals surface area contributed by atoms with Crippen molar-refractivity contribution in [1.29, 1.82) is 0 Å². The number of rotatable bonds is 3. The maximum absolute atomic E-state index is 12.9. The van der Waals surface area contributed by atoms with Crippen molar-refractivity contribution in [3.63, 3.8) is 0 Å². The van der Waals surface area contributed by atoms with Crippen molar-refractivity contribution in [2.45, 2.75) is 12.7 Å². The van der Waals surface area contributed by atoms with Crippen molar-refractivity contribution in [2.24, 2.45) is 0 Å². The highest BCUT2D eigenvalue weighted by Crippen LogP contribution is 2.33. The predicted molar refractivity (Wildman–Crippen MR) is 90.7 cm³/mol. The number of pyridine rings is 1. The van der Waals surface area contributed by atoms with Gasteiger partial charge in [0.2, 0.25) is 0 Å². The van der Waals surface area contributed by atoms with E-state index in [-0.39, 0.29) is 0 Å². The summed E-state index contributed by atoms with van der Waals surface area (Å²) in [5.41, 5.74) is 1.51. The lowest BCUT2D eigenvalue weighted by Crippen LogP contribution is -2.46. The summed E-state index contributed by atoms with van der Waals surface area (Å²) in [5.74, 6) is 0. The molecule has 1 aliphatic heterocycles. The van der Waals surface area contributed by atoms with Gasteiger partial charge < -0.3 is 9.42 Å². The normalized spacial score (nSPS) is 16.3. The summed E-state index contributed by atoms with van der Waals surface area (Å²) in [6.45, 7) is 4.00. The zero-order valence-electron chi connectivity index (χ0n) is 13.9. The largest absolute Gasteiger partial charge is 0.416 e. The minimum Gasteiger partial charge on any atom is -0.368 e. The Kier molecular flexibility index (Phi) is 4.28. The molecule has 3 heterocycles. The van der Waals surface area contributed by atoms with Gasteiger partial charge in [-0.2, -0.15) is 13.2 Å². The Balaban J connectivity index is 1.52. The van der Waals surface area contributed by atoms with Crippen LogP contribution in [0.5, 0.6) is 0 Å². The fourth-order valence-corrected chi connectivity index (χ4v) is 3.28. The van der Waals surface area contributed by atoms with E-state index in [4.69, 9.17) is 4.52 Å². The first-order valence-corrected chi connectivity index (χ1v) is 8.33. The molecule has 0 unspecified atom stereocenters. The fourth-order valence-electron chi connectivity index (χ4n) is 3.28. The van der Waals surface area contributed by atoms with Gasteiger partial charge in [-0.15, -0.1) is 0 Å². The van der Waals surface area contributed by atoms with Crippen LogP contribution in [0.4, 0.5) is 18.9 Å². The number of alkyl halides is 3. The third-order valence-corrected chi connectivity index (χ3v) is 4.64. The number of piperazine rings is 1. The molecule has 1 aliphatic rings. The van der Waals surface area contributed by atoms with Gasteiger partial charge in [0, 0.05) is 56.1 Å². The number of anilines is 1. The van der Waals surface area contributed by atoms with Gasteiger partial charge in [0.05, 0.1) is 16.8 Å². The summed E-state index contributed by atoms with van der Waals surface area (Å²) in [5, 5.41) is 4.67. The van der Waals surface area contributed by atoms with Gasteiger partial charge in [-0.1, -0.05) is 11.2 Å². The lowest BCUT2D eigenvalue weighted by Gasteiger charge is -2.36. The zero-order valence-corrected chi connectivity index (χ0v) is 13.9. The SMILES string of the molecule is FC(F)(F)c1ccc2c(N3CCN(Cc4ccon4)CC3)ccnc2c1. The van der Waals surface area contributed by atoms with Crippen molar-refractivity contribution in [2.75, 3.05) is 31.1 Å². The van der Waals surface area contributed by atoms with Gasteiger partial charge in [0.25, 0.3) is 0 Å². The van der Waals surface area contributed by atoms with Crippen LogP contribution in [0.2, 0.25) is 0 Å². The summed E-state index contributed by atoms with van der Waals surface area (Å²) in [4.78, 5) is 8.59. The third kappa shape index (κ3) is 3.37. The van der Waals surface area contributed by atoms with E-state index in [9.17, 15) is 13.2 Å². The van der Waals surface area contributed by atoms with Gasteiger partial charge in [0.15, 0.2) is 0 Å². The molecule has 4 rings (SSSR count). The molecule has 5 nitrogen and oxygen atoms in total. The molecule has 1 aromatic carbocycles. The van der Waals surface area contributed by atoms with Gasteiger partial charge in [-0.05, 0) is 18.2 Å². The van der Waals surface area contributed by atoms with E-state index >= 15 is 0 Å². The lowest BCUT2D eigenvalue weighted by atomic mass is 10.1. The zero-order chi connectivity index (χ0) is 18.1. The number of fused-ring (bicyclic) bond motifs is 1. The van der Waals surface area contributed by atoms with E-state index in [1.165, 1.54) is 6.07 Å². The molecule has 0 saturated carbocycles. The Morgan fingerprint density at radius 1 is 1.04 bits per heavy atom. The van der Waals surface area contributed by atoms with Crippen molar-refractivity contribution in [3.8, 4) is 0 Å². The first-order valence-electron chi connectivity index (χ1n) is 8.33. The highest BCUT2D eigenvalue weighted by molar-refractivity contribution is 5.92. The number of hydrogen-bond donors (Lipinski definition) is 0. The van der Waals surface area contributed by atoms with Crippen LogP contribution in [0.15, 0.2) is 47.3 Å². The standard InChI is InChI=1S/C18H17F3N4O/c19-18(20,21)13-1-2-15-16(11-13)22-5-3-17(15)25-8-6-24(7-9-25)12-14-4-10-26-23-14/h1-5,10-11H,6-9,12H2. The van der Waals surface area contributed by atoms with E-state index in [0.29, 0.717) is 5.52 Å². The summed E-state index contributed by atoms with van der Waals surface area (Å²) in [6, 6.07) is 7.46. The monoisotopic (exact) mass is 362 g/mol. The van der Waals surface area contributed by atoms with Crippen molar-refractivity contribution in [3.05, 3.63) is 54.0 Å². The van der Waals surface area contributed by atoms with Crippen LogP contribution in [0.3, 0.4) is 0 Å². The summed E-state index contributed by atoms with van der Waals surface area (Å²) in [6.07, 6.45) is -1.23. The van der Waals surface area contributed by atoms with E-state index in [1.807, 2.05) is 12.1 Å². The van der Waals surface area contributed by atoms with Crippen LogP contribution >= 0.6 is 0 Å². The molecule has 3 aromatic rings.